The normalized spacial score (nSPS) is 25.0. The fourth-order valence-electron chi connectivity index (χ4n) is 1.90. The molecule has 4 heteroatoms. The maximum atomic E-state index is 12.1. The molecule has 1 heterocycles. The highest BCUT2D eigenvalue weighted by Gasteiger charge is 2.40. The average Bonchev–Trinajstić information content (AvgIpc) is 2.57. The highest BCUT2D eigenvalue weighted by atomic mass is 16.5. The van der Waals surface area contributed by atoms with E-state index in [1.807, 2.05) is 18.7 Å². The number of carbonyl (C=O) groups is 1. The number of nitrogens with zero attached hydrogens (tertiary/aromatic N) is 1. The van der Waals surface area contributed by atoms with Crippen molar-refractivity contribution in [2.24, 2.45) is 5.92 Å². The number of carbonyl (C=O) groups excluding carboxylic acids is 1. The first kappa shape index (κ1) is 14.5. The minimum atomic E-state index is -0.348. The van der Waals surface area contributed by atoms with Gasteiger partial charge in [0.25, 0.3) is 0 Å². The largest absolute Gasteiger partial charge is 0.381 e. The summed E-state index contributed by atoms with van der Waals surface area (Å²) in [5, 5.41) is 3.28. The van der Waals surface area contributed by atoms with Gasteiger partial charge >= 0.3 is 0 Å². The van der Waals surface area contributed by atoms with E-state index in [-0.39, 0.29) is 11.4 Å². The Hall–Kier alpha value is -0.610. The van der Waals surface area contributed by atoms with Crippen LogP contribution in [0.1, 0.15) is 40.5 Å². The number of hydrogen-bond acceptors (Lipinski definition) is 3. The Morgan fingerprint density at radius 1 is 1.53 bits per heavy atom. The summed E-state index contributed by atoms with van der Waals surface area (Å²) in [4.78, 5) is 13.9. The van der Waals surface area contributed by atoms with Crippen LogP contribution in [0.3, 0.4) is 0 Å². The third-order valence-electron chi connectivity index (χ3n) is 3.29. The van der Waals surface area contributed by atoms with Crippen molar-refractivity contribution in [3.63, 3.8) is 0 Å². The van der Waals surface area contributed by atoms with E-state index < -0.39 is 0 Å². The Labute approximate surface area is 105 Å². The van der Waals surface area contributed by atoms with Gasteiger partial charge in [-0.05, 0) is 25.7 Å². The quantitative estimate of drug-likeness (QED) is 0.690. The standard InChI is InChI=1S/C13H26N2O2/c1-5-13(4)12(16)15(10-14-13)7-6-8-17-9-11(2)3/h11,14H,5-10H2,1-4H3. The highest BCUT2D eigenvalue weighted by Crippen LogP contribution is 2.19. The molecule has 1 rings (SSSR count). The van der Waals surface area contributed by atoms with Crippen LogP contribution in [0.5, 0.6) is 0 Å². The van der Waals surface area contributed by atoms with Crippen LogP contribution in [-0.2, 0) is 9.53 Å². The molecular formula is C13H26N2O2. The Kier molecular flexibility index (Phi) is 5.40. The molecule has 1 aliphatic heterocycles. The van der Waals surface area contributed by atoms with Crippen LogP contribution in [0.25, 0.3) is 0 Å². The van der Waals surface area contributed by atoms with E-state index >= 15 is 0 Å². The predicted molar refractivity (Wildman–Crippen MR) is 68.7 cm³/mol. The van der Waals surface area contributed by atoms with Crippen molar-refractivity contribution in [2.45, 2.75) is 46.1 Å². The van der Waals surface area contributed by atoms with Crippen molar-refractivity contribution >= 4 is 5.91 Å². The van der Waals surface area contributed by atoms with Gasteiger partial charge in [-0.3, -0.25) is 10.1 Å². The second-order valence-corrected chi connectivity index (χ2v) is 5.41. The molecule has 4 nitrogen and oxygen atoms in total. The lowest BCUT2D eigenvalue weighted by molar-refractivity contribution is -0.132. The van der Waals surface area contributed by atoms with Crippen LogP contribution in [0.15, 0.2) is 0 Å². The van der Waals surface area contributed by atoms with Gasteiger partial charge < -0.3 is 9.64 Å². The predicted octanol–water partition coefficient (Wildman–Crippen LogP) is 1.61. The maximum absolute atomic E-state index is 12.1. The molecule has 0 bridgehead atoms. The minimum absolute atomic E-state index is 0.226. The van der Waals surface area contributed by atoms with Crippen LogP contribution in [-0.4, -0.2) is 42.8 Å². The average molecular weight is 242 g/mol. The molecule has 1 N–H and O–H groups in total. The molecule has 1 fully saturated rings. The van der Waals surface area contributed by atoms with E-state index in [1.165, 1.54) is 0 Å². The summed E-state index contributed by atoms with van der Waals surface area (Å²) in [5.74, 6) is 0.803. The van der Waals surface area contributed by atoms with Gasteiger partial charge in [-0.15, -0.1) is 0 Å². The lowest BCUT2D eigenvalue weighted by Crippen LogP contribution is -2.43. The molecule has 0 saturated carbocycles. The molecule has 100 valence electrons. The minimum Gasteiger partial charge on any atom is -0.381 e. The summed E-state index contributed by atoms with van der Waals surface area (Å²) in [7, 11) is 0. The molecule has 0 aliphatic carbocycles. The topological polar surface area (TPSA) is 41.6 Å². The number of hydrogen-bond donors (Lipinski definition) is 1. The van der Waals surface area contributed by atoms with Gasteiger partial charge in [-0.2, -0.15) is 0 Å². The van der Waals surface area contributed by atoms with Gasteiger partial charge in [0.1, 0.15) is 0 Å². The van der Waals surface area contributed by atoms with Gasteiger partial charge in [0.05, 0.1) is 12.2 Å². The molecule has 1 saturated heterocycles. The molecule has 1 unspecified atom stereocenters. The van der Waals surface area contributed by atoms with Gasteiger partial charge in [0.2, 0.25) is 5.91 Å². The molecule has 0 aromatic rings. The first-order valence-corrected chi connectivity index (χ1v) is 6.61. The monoisotopic (exact) mass is 242 g/mol. The summed E-state index contributed by atoms with van der Waals surface area (Å²) >= 11 is 0. The van der Waals surface area contributed by atoms with Gasteiger partial charge in [0, 0.05) is 19.8 Å². The molecule has 17 heavy (non-hydrogen) atoms. The first-order valence-electron chi connectivity index (χ1n) is 6.61. The van der Waals surface area contributed by atoms with Crippen molar-refractivity contribution < 1.29 is 9.53 Å². The van der Waals surface area contributed by atoms with Crippen molar-refractivity contribution in [3.8, 4) is 0 Å². The molecule has 0 aromatic heterocycles. The summed E-state index contributed by atoms with van der Waals surface area (Å²) in [6, 6.07) is 0. The second kappa shape index (κ2) is 6.36. The van der Waals surface area contributed by atoms with Gasteiger partial charge in [0.15, 0.2) is 0 Å². The molecule has 1 atom stereocenters. The molecule has 0 spiro atoms. The summed E-state index contributed by atoms with van der Waals surface area (Å²) in [6.07, 6.45) is 1.76. The number of rotatable bonds is 7. The van der Waals surface area contributed by atoms with E-state index in [9.17, 15) is 4.79 Å². The zero-order valence-electron chi connectivity index (χ0n) is 11.6. The van der Waals surface area contributed by atoms with Gasteiger partial charge in [-0.25, -0.2) is 0 Å². The van der Waals surface area contributed by atoms with Gasteiger partial charge in [-0.1, -0.05) is 20.8 Å². The lowest BCUT2D eigenvalue weighted by atomic mass is 9.99. The van der Waals surface area contributed by atoms with Crippen LogP contribution in [0.2, 0.25) is 0 Å². The number of amides is 1. The molecule has 1 aliphatic rings. The number of ether oxygens (including phenoxy) is 1. The molecule has 1 amide bonds. The third-order valence-corrected chi connectivity index (χ3v) is 3.29. The third kappa shape index (κ3) is 3.96. The second-order valence-electron chi connectivity index (χ2n) is 5.41. The lowest BCUT2D eigenvalue weighted by Gasteiger charge is -2.20. The SMILES string of the molecule is CCC1(C)NCN(CCCOCC(C)C)C1=O. The number of nitrogens with one attached hydrogen (secondary N) is 1. The summed E-state index contributed by atoms with van der Waals surface area (Å²) in [5.41, 5.74) is -0.348. The fourth-order valence-corrected chi connectivity index (χ4v) is 1.90. The fraction of sp³-hybridized carbons (Fsp3) is 0.923. The van der Waals surface area contributed by atoms with Crippen molar-refractivity contribution in [1.29, 1.82) is 0 Å². The van der Waals surface area contributed by atoms with E-state index in [1.54, 1.807) is 0 Å². The molecular weight excluding hydrogens is 216 g/mol. The van der Waals surface area contributed by atoms with Crippen LogP contribution < -0.4 is 5.32 Å². The van der Waals surface area contributed by atoms with Crippen LogP contribution in [0.4, 0.5) is 0 Å². The first-order chi connectivity index (χ1) is 7.99. The molecule has 0 aromatic carbocycles. The van der Waals surface area contributed by atoms with Crippen LogP contribution in [0, 0.1) is 5.92 Å². The molecule has 0 radical (unpaired) electrons. The van der Waals surface area contributed by atoms with Crippen molar-refractivity contribution in [3.05, 3.63) is 0 Å². The smallest absolute Gasteiger partial charge is 0.243 e. The maximum Gasteiger partial charge on any atom is 0.243 e. The van der Waals surface area contributed by atoms with Crippen molar-refractivity contribution in [1.82, 2.24) is 10.2 Å². The zero-order chi connectivity index (χ0) is 12.9. The highest BCUT2D eigenvalue weighted by molar-refractivity contribution is 5.87. The Morgan fingerprint density at radius 2 is 2.24 bits per heavy atom. The Balaban J connectivity index is 2.19. The Bertz CT molecular complexity index is 256. The van der Waals surface area contributed by atoms with E-state index in [0.717, 1.165) is 32.6 Å². The summed E-state index contributed by atoms with van der Waals surface area (Å²) in [6.45, 7) is 11.3. The summed E-state index contributed by atoms with van der Waals surface area (Å²) < 4.78 is 5.51. The van der Waals surface area contributed by atoms with E-state index in [0.29, 0.717) is 12.6 Å². The van der Waals surface area contributed by atoms with E-state index in [2.05, 4.69) is 19.2 Å². The van der Waals surface area contributed by atoms with E-state index in [4.69, 9.17) is 4.74 Å². The van der Waals surface area contributed by atoms with Crippen molar-refractivity contribution in [2.75, 3.05) is 26.4 Å². The Morgan fingerprint density at radius 3 is 2.76 bits per heavy atom. The van der Waals surface area contributed by atoms with Crippen LogP contribution >= 0.6 is 0 Å². The zero-order valence-corrected chi connectivity index (χ0v) is 11.6.